The molecule has 0 bridgehead atoms. The van der Waals surface area contributed by atoms with Gasteiger partial charge in [-0.25, -0.2) is 5.01 Å². The van der Waals surface area contributed by atoms with E-state index in [0.29, 0.717) is 0 Å². The van der Waals surface area contributed by atoms with Gasteiger partial charge in [-0.2, -0.15) is 5.10 Å². The molecule has 2 heterocycles. The number of hydrazone groups is 1. The molecule has 0 saturated heterocycles. The van der Waals surface area contributed by atoms with E-state index in [-0.39, 0.29) is 4.87 Å². The molecule has 114 valence electrons. The summed E-state index contributed by atoms with van der Waals surface area (Å²) in [5.41, 5.74) is 2.28. The lowest BCUT2D eigenvalue weighted by Gasteiger charge is -2.32. The van der Waals surface area contributed by atoms with Crippen LogP contribution in [-0.4, -0.2) is 5.04 Å². The Kier molecular flexibility index (Phi) is 3.71. The van der Waals surface area contributed by atoms with Crippen molar-refractivity contribution in [3.63, 3.8) is 0 Å². The van der Waals surface area contributed by atoms with Crippen LogP contribution in [0, 0.1) is 0 Å². The van der Waals surface area contributed by atoms with E-state index in [0.717, 1.165) is 10.7 Å². The highest BCUT2D eigenvalue weighted by Crippen LogP contribution is 2.50. The molecule has 0 N–H and O–H groups in total. The highest BCUT2D eigenvalue weighted by molar-refractivity contribution is 8.15. The summed E-state index contributed by atoms with van der Waals surface area (Å²) in [7, 11) is 0. The largest absolute Gasteiger partial charge is 0.243 e. The summed E-state index contributed by atoms with van der Waals surface area (Å²) in [5.74, 6) is 0. The van der Waals surface area contributed by atoms with Crippen LogP contribution in [0.1, 0.15) is 17.4 Å². The fraction of sp³-hybridized carbons (Fsp3) is 0.105. The number of rotatable bonds is 3. The minimum absolute atomic E-state index is 0.222. The van der Waals surface area contributed by atoms with Crippen molar-refractivity contribution in [2.75, 3.05) is 5.01 Å². The quantitative estimate of drug-likeness (QED) is 0.624. The van der Waals surface area contributed by atoms with E-state index in [2.05, 4.69) is 78.0 Å². The third-order valence-corrected chi connectivity index (χ3v) is 6.40. The summed E-state index contributed by atoms with van der Waals surface area (Å²) in [6.45, 7) is 2.25. The van der Waals surface area contributed by atoms with E-state index in [1.54, 1.807) is 11.3 Å². The van der Waals surface area contributed by atoms with Crippen LogP contribution in [-0.2, 0) is 4.87 Å². The Balaban J connectivity index is 1.82. The standard InChI is InChI=1S/C19H16N2S2/c1-19(17-13-8-14-22-17)21(16-11-6-3-7-12-16)20-18(23-19)15-9-4-2-5-10-15/h2-14H,1H3. The van der Waals surface area contributed by atoms with E-state index >= 15 is 0 Å². The van der Waals surface area contributed by atoms with Crippen LogP contribution in [0.2, 0.25) is 0 Å². The van der Waals surface area contributed by atoms with E-state index in [1.807, 2.05) is 23.9 Å². The lowest BCUT2D eigenvalue weighted by Crippen LogP contribution is -2.33. The van der Waals surface area contributed by atoms with Gasteiger partial charge in [-0.1, -0.05) is 66.4 Å². The van der Waals surface area contributed by atoms with Crippen molar-refractivity contribution in [2.24, 2.45) is 5.10 Å². The molecule has 1 aliphatic rings. The van der Waals surface area contributed by atoms with E-state index in [4.69, 9.17) is 5.10 Å². The van der Waals surface area contributed by atoms with Gasteiger partial charge in [-0.15, -0.1) is 11.3 Å². The molecular formula is C19H16N2S2. The normalized spacial score (nSPS) is 20.6. The van der Waals surface area contributed by atoms with Crippen LogP contribution in [0.5, 0.6) is 0 Å². The Morgan fingerprint density at radius 3 is 2.22 bits per heavy atom. The first kappa shape index (κ1) is 14.5. The number of thioether (sulfide) groups is 1. The number of hydrogen-bond donors (Lipinski definition) is 0. The highest BCUT2D eigenvalue weighted by atomic mass is 32.2. The van der Waals surface area contributed by atoms with Crippen LogP contribution in [0.25, 0.3) is 0 Å². The van der Waals surface area contributed by atoms with Gasteiger partial charge in [0.05, 0.1) is 5.69 Å². The first-order valence-corrected chi connectivity index (χ1v) is 9.19. The van der Waals surface area contributed by atoms with Gasteiger partial charge in [-0.3, -0.25) is 0 Å². The van der Waals surface area contributed by atoms with Gasteiger partial charge in [0.2, 0.25) is 0 Å². The van der Waals surface area contributed by atoms with Crippen molar-refractivity contribution in [2.45, 2.75) is 11.8 Å². The number of para-hydroxylation sites is 1. The fourth-order valence-corrected chi connectivity index (χ4v) is 4.90. The van der Waals surface area contributed by atoms with Crippen molar-refractivity contribution in [3.8, 4) is 0 Å². The molecule has 0 aliphatic carbocycles. The summed E-state index contributed by atoms with van der Waals surface area (Å²) in [6, 6.07) is 25.1. The number of anilines is 1. The second kappa shape index (κ2) is 5.87. The number of hydrogen-bond acceptors (Lipinski definition) is 4. The smallest absolute Gasteiger partial charge is 0.146 e. The van der Waals surface area contributed by atoms with Crippen molar-refractivity contribution in [3.05, 3.63) is 88.6 Å². The Labute approximate surface area is 144 Å². The Morgan fingerprint density at radius 1 is 0.870 bits per heavy atom. The van der Waals surface area contributed by atoms with Crippen molar-refractivity contribution in [1.82, 2.24) is 0 Å². The minimum Gasteiger partial charge on any atom is -0.243 e. The lowest BCUT2D eigenvalue weighted by molar-refractivity contribution is 0.665. The maximum absolute atomic E-state index is 4.96. The van der Waals surface area contributed by atoms with Crippen molar-refractivity contribution < 1.29 is 0 Å². The Hall–Kier alpha value is -2.04. The Morgan fingerprint density at radius 2 is 1.57 bits per heavy atom. The van der Waals surface area contributed by atoms with Gasteiger partial charge < -0.3 is 0 Å². The summed E-state index contributed by atoms with van der Waals surface area (Å²) < 4.78 is 0. The van der Waals surface area contributed by atoms with Crippen molar-refractivity contribution >= 4 is 33.8 Å². The van der Waals surface area contributed by atoms with E-state index in [1.165, 1.54) is 10.4 Å². The number of nitrogens with zero attached hydrogens (tertiary/aromatic N) is 2. The lowest BCUT2D eigenvalue weighted by atomic mass is 10.2. The molecule has 0 spiro atoms. The average Bonchev–Trinajstić information content (AvgIpc) is 3.25. The average molecular weight is 336 g/mol. The molecule has 23 heavy (non-hydrogen) atoms. The summed E-state index contributed by atoms with van der Waals surface area (Å²) in [5, 5.41) is 10.3. The van der Waals surface area contributed by atoms with Gasteiger partial charge in [0.1, 0.15) is 9.91 Å². The maximum atomic E-state index is 4.96. The molecule has 2 aromatic carbocycles. The first-order valence-electron chi connectivity index (χ1n) is 7.50. The second-order valence-corrected chi connectivity index (χ2v) is 7.81. The molecule has 4 rings (SSSR count). The molecule has 1 unspecified atom stereocenters. The molecule has 4 heteroatoms. The zero-order chi connectivity index (χ0) is 15.7. The first-order chi connectivity index (χ1) is 11.3. The summed E-state index contributed by atoms with van der Waals surface area (Å²) in [6.07, 6.45) is 0. The van der Waals surface area contributed by atoms with Crippen molar-refractivity contribution in [1.29, 1.82) is 0 Å². The minimum atomic E-state index is -0.222. The predicted octanol–water partition coefficient (Wildman–Crippen LogP) is 5.54. The number of thiophene rings is 1. The zero-order valence-electron chi connectivity index (χ0n) is 12.7. The third kappa shape index (κ3) is 2.58. The van der Waals surface area contributed by atoms with Gasteiger partial charge in [-0.05, 0) is 30.5 Å². The van der Waals surface area contributed by atoms with Crippen LogP contribution in [0.15, 0.2) is 83.3 Å². The van der Waals surface area contributed by atoms with Crippen LogP contribution >= 0.6 is 23.1 Å². The molecule has 0 radical (unpaired) electrons. The topological polar surface area (TPSA) is 15.6 Å². The number of benzene rings is 2. The summed E-state index contributed by atoms with van der Waals surface area (Å²) >= 11 is 3.59. The molecule has 1 atom stereocenters. The molecule has 3 aromatic rings. The molecule has 1 aromatic heterocycles. The van der Waals surface area contributed by atoms with Crippen LogP contribution < -0.4 is 5.01 Å². The highest BCUT2D eigenvalue weighted by Gasteiger charge is 2.43. The van der Waals surface area contributed by atoms with Gasteiger partial charge in [0.25, 0.3) is 0 Å². The molecule has 1 aliphatic heterocycles. The SMILES string of the molecule is CC1(c2cccs2)SC(c2ccccc2)=NN1c1ccccc1. The summed E-state index contributed by atoms with van der Waals surface area (Å²) in [4.78, 5) is 1.08. The third-order valence-electron chi connectivity index (χ3n) is 3.89. The van der Waals surface area contributed by atoms with E-state index < -0.39 is 0 Å². The second-order valence-electron chi connectivity index (χ2n) is 5.48. The van der Waals surface area contributed by atoms with Crippen LogP contribution in [0.3, 0.4) is 0 Å². The zero-order valence-corrected chi connectivity index (χ0v) is 14.3. The fourth-order valence-electron chi connectivity index (χ4n) is 2.71. The molecule has 0 saturated carbocycles. The molecule has 0 fully saturated rings. The van der Waals surface area contributed by atoms with E-state index in [9.17, 15) is 0 Å². The molecule has 2 nitrogen and oxygen atoms in total. The van der Waals surface area contributed by atoms with Crippen LogP contribution in [0.4, 0.5) is 5.69 Å². The van der Waals surface area contributed by atoms with Gasteiger partial charge in [0, 0.05) is 10.4 Å². The monoisotopic (exact) mass is 336 g/mol. The van der Waals surface area contributed by atoms with Gasteiger partial charge in [0.15, 0.2) is 0 Å². The molecule has 0 amide bonds. The van der Waals surface area contributed by atoms with Gasteiger partial charge >= 0.3 is 0 Å². The molecular weight excluding hydrogens is 320 g/mol. The predicted molar refractivity (Wildman–Crippen MR) is 101 cm³/mol. The Bertz CT molecular complexity index is 813. The maximum Gasteiger partial charge on any atom is 0.146 e.